The van der Waals surface area contributed by atoms with Gasteiger partial charge in [-0.25, -0.2) is 5.43 Å². The Labute approximate surface area is 192 Å². The van der Waals surface area contributed by atoms with E-state index in [2.05, 4.69) is 20.7 Å². The van der Waals surface area contributed by atoms with E-state index >= 15 is 0 Å². The predicted molar refractivity (Wildman–Crippen MR) is 122 cm³/mol. The van der Waals surface area contributed by atoms with Gasteiger partial charge >= 0.3 is 0 Å². The maximum Gasteiger partial charge on any atom is 0.288 e. The molecule has 3 rings (SSSR count). The van der Waals surface area contributed by atoms with E-state index < -0.39 is 4.92 Å². The van der Waals surface area contributed by atoms with Crippen LogP contribution in [0.2, 0.25) is 5.02 Å². The third kappa shape index (κ3) is 5.62. The molecule has 1 N–H and O–H groups in total. The molecular formula is C20H19ClN6O4S. The molecule has 166 valence electrons. The van der Waals surface area contributed by atoms with Crippen LogP contribution in [-0.2, 0) is 11.3 Å². The number of hydrogen-bond donors (Lipinski definition) is 1. The topological polar surface area (TPSA) is 125 Å². The van der Waals surface area contributed by atoms with E-state index in [9.17, 15) is 14.9 Å². The van der Waals surface area contributed by atoms with Gasteiger partial charge in [0.15, 0.2) is 11.0 Å². The van der Waals surface area contributed by atoms with E-state index in [1.54, 1.807) is 13.2 Å². The van der Waals surface area contributed by atoms with Gasteiger partial charge in [-0.15, -0.1) is 10.2 Å². The van der Waals surface area contributed by atoms with Crippen molar-refractivity contribution in [2.75, 3.05) is 12.9 Å². The van der Waals surface area contributed by atoms with Gasteiger partial charge in [0.1, 0.15) is 10.8 Å². The number of carbonyl (C=O) groups is 1. The Morgan fingerprint density at radius 1 is 1.31 bits per heavy atom. The lowest BCUT2D eigenvalue weighted by atomic mass is 10.2. The average molecular weight is 475 g/mol. The normalized spacial score (nSPS) is 11.0. The third-order valence-electron chi connectivity index (χ3n) is 4.28. The Morgan fingerprint density at radius 3 is 2.72 bits per heavy atom. The summed E-state index contributed by atoms with van der Waals surface area (Å²) in [5.74, 6) is 1.15. The summed E-state index contributed by atoms with van der Waals surface area (Å²) in [5, 5.41) is 23.8. The van der Waals surface area contributed by atoms with Gasteiger partial charge < -0.3 is 9.30 Å². The first-order chi connectivity index (χ1) is 15.4. The Morgan fingerprint density at radius 2 is 2.06 bits per heavy atom. The lowest BCUT2D eigenvalue weighted by Gasteiger charge is -2.07. The van der Waals surface area contributed by atoms with Crippen molar-refractivity contribution in [2.45, 2.75) is 18.6 Å². The molecule has 0 saturated heterocycles. The highest BCUT2D eigenvalue weighted by Crippen LogP contribution is 2.26. The van der Waals surface area contributed by atoms with Crippen LogP contribution in [0.4, 0.5) is 5.69 Å². The number of hydrazone groups is 1. The Kier molecular flexibility index (Phi) is 7.79. The van der Waals surface area contributed by atoms with Crippen LogP contribution in [0, 0.1) is 10.1 Å². The Bertz CT molecular complexity index is 1150. The molecule has 0 bridgehead atoms. The molecule has 3 aromatic rings. The summed E-state index contributed by atoms with van der Waals surface area (Å²) in [5.41, 5.74) is 3.48. The monoisotopic (exact) mass is 474 g/mol. The van der Waals surface area contributed by atoms with E-state index in [1.807, 2.05) is 35.8 Å². The van der Waals surface area contributed by atoms with Crippen molar-refractivity contribution in [3.05, 3.63) is 63.2 Å². The highest BCUT2D eigenvalue weighted by atomic mass is 35.5. The van der Waals surface area contributed by atoms with Crippen molar-refractivity contribution >= 4 is 41.2 Å². The number of nitrogens with zero attached hydrogens (tertiary/aromatic N) is 5. The number of rotatable bonds is 9. The second-order valence-electron chi connectivity index (χ2n) is 6.33. The van der Waals surface area contributed by atoms with E-state index in [4.69, 9.17) is 16.3 Å². The Balaban J connectivity index is 1.60. The van der Waals surface area contributed by atoms with Gasteiger partial charge in [-0.2, -0.15) is 5.10 Å². The quantitative estimate of drug-likeness (QED) is 0.216. The van der Waals surface area contributed by atoms with Crippen LogP contribution >= 0.6 is 23.4 Å². The van der Waals surface area contributed by atoms with E-state index in [1.165, 1.54) is 30.1 Å². The number of aromatic nitrogens is 3. The van der Waals surface area contributed by atoms with Crippen molar-refractivity contribution in [3.63, 3.8) is 0 Å². The number of thioether (sulfide) groups is 1. The molecule has 0 aliphatic carbocycles. The van der Waals surface area contributed by atoms with Crippen LogP contribution in [-0.4, -0.2) is 44.7 Å². The summed E-state index contributed by atoms with van der Waals surface area (Å²) in [6, 6.07) is 11.7. The number of nitrogens with one attached hydrogen (secondary N) is 1. The second kappa shape index (κ2) is 10.7. The fraction of sp³-hybridized carbons (Fsp3) is 0.200. The first kappa shape index (κ1) is 23.2. The number of ether oxygens (including phenoxy) is 1. The summed E-state index contributed by atoms with van der Waals surface area (Å²) in [6.07, 6.45) is 1.31. The van der Waals surface area contributed by atoms with Gasteiger partial charge in [-0.1, -0.05) is 29.4 Å². The van der Waals surface area contributed by atoms with Crippen molar-refractivity contribution in [2.24, 2.45) is 5.10 Å². The zero-order valence-corrected chi connectivity index (χ0v) is 18.8. The number of amides is 1. The summed E-state index contributed by atoms with van der Waals surface area (Å²) in [4.78, 5) is 22.5. The van der Waals surface area contributed by atoms with Crippen LogP contribution in [0.5, 0.6) is 5.75 Å². The van der Waals surface area contributed by atoms with Crippen molar-refractivity contribution in [1.29, 1.82) is 0 Å². The molecule has 1 aromatic heterocycles. The van der Waals surface area contributed by atoms with Crippen LogP contribution in [0.3, 0.4) is 0 Å². The number of methoxy groups -OCH3 is 1. The number of benzene rings is 2. The highest BCUT2D eigenvalue weighted by molar-refractivity contribution is 7.99. The summed E-state index contributed by atoms with van der Waals surface area (Å²) in [7, 11) is 1.60. The molecule has 0 saturated carbocycles. The van der Waals surface area contributed by atoms with Crippen molar-refractivity contribution < 1.29 is 14.5 Å². The minimum Gasteiger partial charge on any atom is -0.497 e. The fourth-order valence-electron chi connectivity index (χ4n) is 2.73. The smallest absolute Gasteiger partial charge is 0.288 e. The summed E-state index contributed by atoms with van der Waals surface area (Å²) in [6.45, 7) is 2.60. The second-order valence-corrected chi connectivity index (χ2v) is 7.68. The molecule has 2 aromatic carbocycles. The number of hydrogen-bond acceptors (Lipinski definition) is 8. The van der Waals surface area contributed by atoms with Crippen LogP contribution < -0.4 is 10.2 Å². The van der Waals surface area contributed by atoms with Crippen LogP contribution in [0.1, 0.15) is 12.5 Å². The van der Waals surface area contributed by atoms with Gasteiger partial charge in [-0.3, -0.25) is 14.9 Å². The van der Waals surface area contributed by atoms with Crippen molar-refractivity contribution in [1.82, 2.24) is 20.2 Å². The minimum absolute atomic E-state index is 0.0293. The molecule has 0 unspecified atom stereocenters. The molecule has 0 fully saturated rings. The van der Waals surface area contributed by atoms with Gasteiger partial charge in [0.2, 0.25) is 0 Å². The average Bonchev–Trinajstić information content (AvgIpc) is 3.21. The first-order valence-electron chi connectivity index (χ1n) is 9.39. The molecule has 0 aliphatic rings. The van der Waals surface area contributed by atoms with E-state index in [-0.39, 0.29) is 22.4 Å². The molecule has 0 spiro atoms. The highest BCUT2D eigenvalue weighted by Gasteiger charge is 2.15. The number of carbonyl (C=O) groups excluding carboxylic acids is 1. The van der Waals surface area contributed by atoms with E-state index in [0.717, 1.165) is 11.3 Å². The Hall–Kier alpha value is -3.44. The first-order valence-corrected chi connectivity index (χ1v) is 10.8. The summed E-state index contributed by atoms with van der Waals surface area (Å²) < 4.78 is 7.09. The molecule has 32 heavy (non-hydrogen) atoms. The largest absolute Gasteiger partial charge is 0.497 e. The maximum atomic E-state index is 12.1. The molecule has 0 atom stereocenters. The molecule has 0 aliphatic heterocycles. The number of halogens is 1. The zero-order chi connectivity index (χ0) is 23.1. The third-order valence-corrected chi connectivity index (χ3v) is 5.57. The van der Waals surface area contributed by atoms with Crippen LogP contribution in [0.15, 0.2) is 52.7 Å². The lowest BCUT2D eigenvalue weighted by Crippen LogP contribution is -2.20. The van der Waals surface area contributed by atoms with Gasteiger partial charge in [-0.05, 0) is 37.3 Å². The molecular weight excluding hydrogens is 456 g/mol. The predicted octanol–water partition coefficient (Wildman–Crippen LogP) is 3.78. The van der Waals surface area contributed by atoms with Gasteiger partial charge in [0, 0.05) is 23.7 Å². The number of nitro benzene ring substituents is 1. The van der Waals surface area contributed by atoms with Crippen LogP contribution in [0.25, 0.3) is 11.4 Å². The fourth-order valence-corrected chi connectivity index (χ4v) is 3.71. The zero-order valence-electron chi connectivity index (χ0n) is 17.2. The maximum absolute atomic E-state index is 12.1. The van der Waals surface area contributed by atoms with E-state index in [0.29, 0.717) is 23.1 Å². The molecule has 1 amide bonds. The van der Waals surface area contributed by atoms with Gasteiger partial charge in [0.05, 0.1) is 24.0 Å². The number of nitro groups is 1. The van der Waals surface area contributed by atoms with Crippen molar-refractivity contribution in [3.8, 4) is 17.1 Å². The molecule has 12 heteroatoms. The molecule has 0 radical (unpaired) electrons. The SMILES string of the molecule is CCn1c(SCC(=O)N/N=C\c2ccc(Cl)c([N+](=O)[O-])c2)nnc1-c1ccc(OC)cc1. The summed E-state index contributed by atoms with van der Waals surface area (Å²) >= 11 is 7.01. The van der Waals surface area contributed by atoms with Gasteiger partial charge in [0.25, 0.3) is 11.6 Å². The standard InChI is InChI=1S/C20H19ClN6O4S/c1-3-26-19(14-5-7-15(31-2)8-6-14)24-25-20(26)32-12-18(28)23-22-11-13-4-9-16(21)17(10-13)27(29)30/h4-11H,3,12H2,1-2H3,(H,23,28)/b22-11-. The lowest BCUT2D eigenvalue weighted by molar-refractivity contribution is -0.384. The molecule has 1 heterocycles. The molecule has 10 nitrogen and oxygen atoms in total. The minimum atomic E-state index is -0.584.